The van der Waals surface area contributed by atoms with Crippen LogP contribution in [0.5, 0.6) is 0 Å². The van der Waals surface area contributed by atoms with Gasteiger partial charge in [0, 0.05) is 12.1 Å². The van der Waals surface area contributed by atoms with Crippen LogP contribution in [-0.4, -0.2) is 25.2 Å². The van der Waals surface area contributed by atoms with E-state index in [-0.39, 0.29) is 12.0 Å². The summed E-state index contributed by atoms with van der Waals surface area (Å²) >= 11 is 0. The molecule has 0 aliphatic heterocycles. The quantitative estimate of drug-likeness (QED) is 0.768. The molecule has 1 aromatic carbocycles. The number of esters is 1. The molecule has 2 atom stereocenters. The van der Waals surface area contributed by atoms with E-state index >= 15 is 0 Å². The Hall–Kier alpha value is -1.35. The summed E-state index contributed by atoms with van der Waals surface area (Å²) in [6.07, 6.45) is 1.38. The van der Waals surface area contributed by atoms with Gasteiger partial charge in [-0.1, -0.05) is 30.3 Å². The van der Waals surface area contributed by atoms with Crippen molar-refractivity contribution in [1.29, 1.82) is 0 Å². The average Bonchev–Trinajstić information content (AvgIpc) is 2.29. The molecule has 0 aliphatic rings. The molecule has 0 aliphatic carbocycles. The molecule has 0 saturated heterocycles. The van der Waals surface area contributed by atoms with Crippen LogP contribution in [0, 0.1) is 0 Å². The van der Waals surface area contributed by atoms with Gasteiger partial charge in [0.2, 0.25) is 0 Å². The Labute approximate surface area is 103 Å². The number of carbonyl (C=O) groups excluding carboxylic acids is 1. The normalized spacial score (nSPS) is 14.1. The molecule has 0 amide bonds. The van der Waals surface area contributed by atoms with Crippen LogP contribution in [0.3, 0.4) is 0 Å². The predicted octanol–water partition coefficient (Wildman–Crippen LogP) is 2.16. The summed E-state index contributed by atoms with van der Waals surface area (Å²) in [5, 5.41) is 3.39. The summed E-state index contributed by atoms with van der Waals surface area (Å²) in [4.78, 5) is 11.1. The summed E-state index contributed by atoms with van der Waals surface area (Å²) < 4.78 is 4.64. The van der Waals surface area contributed by atoms with E-state index in [4.69, 9.17) is 0 Å². The summed E-state index contributed by atoms with van der Waals surface area (Å²) in [6, 6.07) is 10.8. The molecule has 0 heterocycles. The van der Waals surface area contributed by atoms with Gasteiger partial charge in [-0.15, -0.1) is 0 Å². The van der Waals surface area contributed by atoms with Gasteiger partial charge in [0.1, 0.15) is 0 Å². The van der Waals surface area contributed by atoms with Crippen molar-refractivity contribution >= 4 is 5.97 Å². The van der Waals surface area contributed by atoms with Crippen LogP contribution in [0.4, 0.5) is 0 Å². The van der Waals surface area contributed by atoms with E-state index in [0.717, 1.165) is 6.42 Å². The minimum atomic E-state index is -0.170. The average molecular weight is 235 g/mol. The van der Waals surface area contributed by atoms with E-state index in [1.54, 1.807) is 0 Å². The van der Waals surface area contributed by atoms with Crippen molar-refractivity contribution in [2.75, 3.05) is 7.11 Å². The Morgan fingerprint density at radius 2 is 1.88 bits per heavy atom. The molecule has 0 aromatic heterocycles. The number of benzene rings is 1. The van der Waals surface area contributed by atoms with E-state index in [1.165, 1.54) is 12.7 Å². The highest BCUT2D eigenvalue weighted by molar-refractivity contribution is 5.69. The molecule has 3 nitrogen and oxygen atoms in total. The molecule has 1 rings (SSSR count). The van der Waals surface area contributed by atoms with Crippen molar-refractivity contribution in [3.63, 3.8) is 0 Å². The fourth-order valence-corrected chi connectivity index (χ4v) is 1.90. The standard InChI is InChI=1S/C14H21NO2/c1-11(9-13-7-5-4-6-8-13)15-12(2)10-14(16)17-3/h4-8,11-12,15H,9-10H2,1-3H3. The number of nitrogens with one attached hydrogen (secondary N) is 1. The van der Waals surface area contributed by atoms with Crippen LogP contribution in [0.1, 0.15) is 25.8 Å². The Kier molecular flexibility index (Phi) is 5.70. The third-order valence-electron chi connectivity index (χ3n) is 2.65. The first-order chi connectivity index (χ1) is 8.11. The maximum Gasteiger partial charge on any atom is 0.307 e. The Balaban J connectivity index is 2.34. The van der Waals surface area contributed by atoms with Crippen molar-refractivity contribution in [2.45, 2.75) is 38.8 Å². The number of rotatable bonds is 6. The van der Waals surface area contributed by atoms with Crippen LogP contribution in [0.15, 0.2) is 30.3 Å². The summed E-state index contributed by atoms with van der Waals surface area (Å²) in [7, 11) is 1.42. The lowest BCUT2D eigenvalue weighted by Gasteiger charge is -2.19. The number of hydrogen-bond donors (Lipinski definition) is 1. The third-order valence-corrected chi connectivity index (χ3v) is 2.65. The van der Waals surface area contributed by atoms with Gasteiger partial charge in [0.15, 0.2) is 0 Å². The second-order valence-corrected chi connectivity index (χ2v) is 4.44. The molecule has 1 N–H and O–H groups in total. The highest BCUT2D eigenvalue weighted by Crippen LogP contribution is 2.04. The van der Waals surface area contributed by atoms with Gasteiger partial charge in [0.05, 0.1) is 13.5 Å². The molecule has 0 fully saturated rings. The monoisotopic (exact) mass is 235 g/mol. The Bertz CT molecular complexity index is 337. The van der Waals surface area contributed by atoms with Crippen LogP contribution in [0.2, 0.25) is 0 Å². The molecule has 1 aromatic rings. The first-order valence-corrected chi connectivity index (χ1v) is 5.98. The zero-order valence-corrected chi connectivity index (χ0v) is 10.8. The molecule has 2 unspecified atom stereocenters. The Morgan fingerprint density at radius 1 is 1.24 bits per heavy atom. The maximum absolute atomic E-state index is 11.1. The largest absolute Gasteiger partial charge is 0.469 e. The second-order valence-electron chi connectivity index (χ2n) is 4.44. The first-order valence-electron chi connectivity index (χ1n) is 5.98. The summed E-state index contributed by atoms with van der Waals surface area (Å²) in [5.74, 6) is -0.170. The zero-order valence-electron chi connectivity index (χ0n) is 10.8. The van der Waals surface area contributed by atoms with E-state index in [9.17, 15) is 4.79 Å². The zero-order chi connectivity index (χ0) is 12.7. The minimum absolute atomic E-state index is 0.140. The fraction of sp³-hybridized carbons (Fsp3) is 0.500. The van der Waals surface area contributed by atoms with Gasteiger partial charge in [-0.05, 0) is 25.8 Å². The number of methoxy groups -OCH3 is 1. The van der Waals surface area contributed by atoms with Gasteiger partial charge < -0.3 is 10.1 Å². The van der Waals surface area contributed by atoms with Gasteiger partial charge in [-0.25, -0.2) is 0 Å². The predicted molar refractivity (Wildman–Crippen MR) is 68.8 cm³/mol. The van der Waals surface area contributed by atoms with Crippen molar-refractivity contribution < 1.29 is 9.53 Å². The van der Waals surface area contributed by atoms with Crippen LogP contribution >= 0.6 is 0 Å². The molecule has 0 saturated carbocycles. The first kappa shape index (κ1) is 13.7. The third kappa shape index (κ3) is 5.50. The fourth-order valence-electron chi connectivity index (χ4n) is 1.90. The number of carbonyl (C=O) groups is 1. The van der Waals surface area contributed by atoms with Crippen molar-refractivity contribution in [1.82, 2.24) is 5.32 Å². The van der Waals surface area contributed by atoms with Gasteiger partial charge in [-0.3, -0.25) is 4.79 Å². The molecule has 94 valence electrons. The molecule has 17 heavy (non-hydrogen) atoms. The lowest BCUT2D eigenvalue weighted by Crippen LogP contribution is -2.37. The van der Waals surface area contributed by atoms with Crippen LogP contribution in [-0.2, 0) is 16.0 Å². The molecule has 3 heteroatoms. The summed E-state index contributed by atoms with van der Waals surface area (Å²) in [5.41, 5.74) is 1.30. The second kappa shape index (κ2) is 7.07. The SMILES string of the molecule is COC(=O)CC(C)NC(C)Cc1ccccc1. The van der Waals surface area contributed by atoms with E-state index in [1.807, 2.05) is 25.1 Å². The molecular formula is C14H21NO2. The molecule has 0 spiro atoms. The van der Waals surface area contributed by atoms with Crippen LogP contribution in [0.25, 0.3) is 0 Å². The van der Waals surface area contributed by atoms with Crippen molar-refractivity contribution in [2.24, 2.45) is 0 Å². The topological polar surface area (TPSA) is 38.3 Å². The maximum atomic E-state index is 11.1. The lowest BCUT2D eigenvalue weighted by atomic mass is 10.1. The van der Waals surface area contributed by atoms with Crippen LogP contribution < -0.4 is 5.32 Å². The van der Waals surface area contributed by atoms with E-state index in [2.05, 4.69) is 29.1 Å². The molecular weight excluding hydrogens is 214 g/mol. The number of ether oxygens (including phenoxy) is 1. The lowest BCUT2D eigenvalue weighted by molar-refractivity contribution is -0.141. The highest BCUT2D eigenvalue weighted by Gasteiger charge is 2.12. The molecule has 0 radical (unpaired) electrons. The smallest absolute Gasteiger partial charge is 0.307 e. The van der Waals surface area contributed by atoms with Gasteiger partial charge >= 0.3 is 5.97 Å². The van der Waals surface area contributed by atoms with Gasteiger partial charge in [-0.2, -0.15) is 0 Å². The van der Waals surface area contributed by atoms with Gasteiger partial charge in [0.25, 0.3) is 0 Å². The molecule has 0 bridgehead atoms. The Morgan fingerprint density at radius 3 is 2.47 bits per heavy atom. The van der Waals surface area contributed by atoms with E-state index in [0.29, 0.717) is 12.5 Å². The number of hydrogen-bond acceptors (Lipinski definition) is 3. The minimum Gasteiger partial charge on any atom is -0.469 e. The van der Waals surface area contributed by atoms with Crippen molar-refractivity contribution in [3.8, 4) is 0 Å². The van der Waals surface area contributed by atoms with Crippen molar-refractivity contribution in [3.05, 3.63) is 35.9 Å². The van der Waals surface area contributed by atoms with E-state index < -0.39 is 0 Å². The highest BCUT2D eigenvalue weighted by atomic mass is 16.5. The summed E-state index contributed by atoms with van der Waals surface area (Å²) in [6.45, 7) is 4.12.